The van der Waals surface area contributed by atoms with Crippen LogP contribution < -0.4 is 15.0 Å². The van der Waals surface area contributed by atoms with E-state index in [0.717, 1.165) is 12.8 Å². The molecule has 2 aliphatic heterocycles. The Kier molecular flexibility index (Phi) is 6.41. The van der Waals surface area contributed by atoms with Crippen LogP contribution >= 0.6 is 11.6 Å². The minimum atomic E-state index is -3.72. The molecule has 2 aliphatic rings. The molecule has 1 saturated heterocycles. The van der Waals surface area contributed by atoms with Crippen LogP contribution in [0.2, 0.25) is 5.02 Å². The molecule has 10 heteroatoms. The van der Waals surface area contributed by atoms with Crippen LogP contribution in [0, 0.1) is 5.92 Å². The van der Waals surface area contributed by atoms with E-state index in [9.17, 15) is 18.0 Å². The number of carbonyl (C=O) groups excluding carboxylic acids is 2. The summed E-state index contributed by atoms with van der Waals surface area (Å²) in [5.41, 5.74) is 0.757. The van der Waals surface area contributed by atoms with Crippen LogP contribution in [0.5, 0.6) is 5.75 Å². The van der Waals surface area contributed by atoms with Crippen LogP contribution in [0.25, 0.3) is 0 Å². The molecular formula is C22H24ClN3O5S. The Balaban J connectivity index is 1.57. The molecule has 32 heavy (non-hydrogen) atoms. The van der Waals surface area contributed by atoms with Gasteiger partial charge in [0.15, 0.2) is 6.61 Å². The molecule has 4 rings (SSSR count). The second-order valence-electron chi connectivity index (χ2n) is 8.04. The molecule has 8 nitrogen and oxygen atoms in total. The van der Waals surface area contributed by atoms with Gasteiger partial charge in [0.25, 0.3) is 5.91 Å². The van der Waals surface area contributed by atoms with Gasteiger partial charge in [0.05, 0.1) is 10.6 Å². The highest BCUT2D eigenvalue weighted by atomic mass is 35.5. The number of hydrogen-bond acceptors (Lipinski definition) is 5. The van der Waals surface area contributed by atoms with E-state index in [-0.39, 0.29) is 23.7 Å². The smallest absolute Gasteiger partial charge is 0.265 e. The maximum Gasteiger partial charge on any atom is 0.265 e. The fourth-order valence-electron chi connectivity index (χ4n) is 3.80. The zero-order chi connectivity index (χ0) is 22.9. The van der Waals surface area contributed by atoms with E-state index >= 15 is 0 Å². The van der Waals surface area contributed by atoms with E-state index < -0.39 is 21.8 Å². The van der Waals surface area contributed by atoms with Gasteiger partial charge in [-0.1, -0.05) is 24.6 Å². The van der Waals surface area contributed by atoms with Crippen LogP contribution in [0.15, 0.2) is 47.4 Å². The van der Waals surface area contributed by atoms with Gasteiger partial charge in [-0.3, -0.25) is 14.5 Å². The van der Waals surface area contributed by atoms with Gasteiger partial charge in [0.2, 0.25) is 15.9 Å². The first kappa shape index (κ1) is 22.6. The van der Waals surface area contributed by atoms with Gasteiger partial charge >= 0.3 is 0 Å². The molecule has 0 unspecified atom stereocenters. The number of rotatable bonds is 5. The highest BCUT2D eigenvalue weighted by molar-refractivity contribution is 7.89. The quantitative estimate of drug-likeness (QED) is 0.713. The second kappa shape index (κ2) is 9.09. The van der Waals surface area contributed by atoms with Crippen LogP contribution in [0.4, 0.5) is 11.4 Å². The molecule has 2 heterocycles. The number of piperidine rings is 1. The van der Waals surface area contributed by atoms with Gasteiger partial charge in [0.1, 0.15) is 12.3 Å². The number of ether oxygens (including phenoxy) is 1. The topological polar surface area (TPSA) is 96.0 Å². The first-order valence-corrected chi connectivity index (χ1v) is 12.2. The standard InChI is InChI=1S/C22H24ClN3O5S/c1-15-7-9-25(10-8-15)32(29,30)18-5-6-20-19(12-18)26(22(28)14-31-20)13-21(27)24-17-4-2-3-16(23)11-17/h2-6,11-12,15H,7-10,13-14H2,1H3,(H,24,27). The summed E-state index contributed by atoms with van der Waals surface area (Å²) in [7, 11) is -3.72. The molecule has 1 N–H and O–H groups in total. The van der Waals surface area contributed by atoms with Crippen molar-refractivity contribution in [2.45, 2.75) is 24.7 Å². The van der Waals surface area contributed by atoms with Gasteiger partial charge < -0.3 is 10.1 Å². The average molecular weight is 478 g/mol. The van der Waals surface area contributed by atoms with Crippen molar-refractivity contribution >= 4 is 44.8 Å². The molecule has 2 amide bonds. The molecule has 1 fully saturated rings. The predicted molar refractivity (Wildman–Crippen MR) is 122 cm³/mol. The van der Waals surface area contributed by atoms with Crippen molar-refractivity contribution in [2.75, 3.05) is 36.5 Å². The first-order chi connectivity index (χ1) is 15.2. The maximum absolute atomic E-state index is 13.2. The number of nitrogens with zero attached hydrogens (tertiary/aromatic N) is 2. The van der Waals surface area contributed by atoms with Crippen molar-refractivity contribution < 1.29 is 22.7 Å². The molecule has 0 aliphatic carbocycles. The first-order valence-electron chi connectivity index (χ1n) is 10.4. The lowest BCUT2D eigenvalue weighted by atomic mass is 10.0. The molecule has 0 aromatic heterocycles. The van der Waals surface area contributed by atoms with Crippen molar-refractivity contribution in [3.63, 3.8) is 0 Å². The highest BCUT2D eigenvalue weighted by Gasteiger charge is 2.32. The lowest BCUT2D eigenvalue weighted by Crippen LogP contribution is -2.43. The number of carbonyl (C=O) groups is 2. The van der Waals surface area contributed by atoms with Crippen molar-refractivity contribution in [3.8, 4) is 5.75 Å². The number of anilines is 2. The van der Waals surface area contributed by atoms with Crippen LogP contribution in [0.1, 0.15) is 19.8 Å². The van der Waals surface area contributed by atoms with Crippen molar-refractivity contribution in [3.05, 3.63) is 47.5 Å². The third-order valence-corrected chi connectivity index (χ3v) is 7.79. The molecule has 2 aromatic carbocycles. The summed E-state index contributed by atoms with van der Waals surface area (Å²) >= 11 is 5.95. The van der Waals surface area contributed by atoms with E-state index in [1.807, 2.05) is 0 Å². The summed E-state index contributed by atoms with van der Waals surface area (Å²) in [5, 5.41) is 3.17. The number of amides is 2. The molecule has 170 valence electrons. The summed E-state index contributed by atoms with van der Waals surface area (Å²) in [6.07, 6.45) is 1.61. The maximum atomic E-state index is 13.2. The van der Waals surface area contributed by atoms with Gasteiger partial charge in [0, 0.05) is 23.8 Å². The fraction of sp³-hybridized carbons (Fsp3) is 0.364. The highest BCUT2D eigenvalue weighted by Crippen LogP contribution is 2.35. The summed E-state index contributed by atoms with van der Waals surface area (Å²) in [6.45, 7) is 2.52. The van der Waals surface area contributed by atoms with Gasteiger partial charge in [-0.15, -0.1) is 0 Å². The normalized spacial score (nSPS) is 17.6. The number of sulfonamides is 1. The summed E-state index contributed by atoms with van der Waals surface area (Å²) < 4.78 is 33.2. The number of hydrogen-bond donors (Lipinski definition) is 1. The second-order valence-corrected chi connectivity index (χ2v) is 10.4. The number of fused-ring (bicyclic) bond motifs is 1. The van der Waals surface area contributed by atoms with Gasteiger partial charge in [-0.25, -0.2) is 8.42 Å². The van der Waals surface area contributed by atoms with Gasteiger partial charge in [-0.05, 0) is 55.2 Å². The van der Waals surface area contributed by atoms with E-state index in [2.05, 4.69) is 12.2 Å². The SMILES string of the molecule is CC1CCN(S(=O)(=O)c2ccc3c(c2)N(CC(=O)Nc2cccc(Cl)c2)C(=O)CO3)CC1. The molecule has 0 saturated carbocycles. The Morgan fingerprint density at radius 3 is 2.66 bits per heavy atom. The van der Waals surface area contributed by atoms with Crippen molar-refractivity contribution in [2.24, 2.45) is 5.92 Å². The average Bonchev–Trinajstić information content (AvgIpc) is 2.75. The predicted octanol–water partition coefficient (Wildman–Crippen LogP) is 3.12. The Morgan fingerprint density at radius 2 is 1.94 bits per heavy atom. The van der Waals surface area contributed by atoms with E-state index in [0.29, 0.717) is 35.5 Å². The van der Waals surface area contributed by atoms with Crippen molar-refractivity contribution in [1.29, 1.82) is 0 Å². The lowest BCUT2D eigenvalue weighted by Gasteiger charge is -2.31. The van der Waals surface area contributed by atoms with E-state index in [4.69, 9.17) is 16.3 Å². The van der Waals surface area contributed by atoms with Crippen LogP contribution in [-0.2, 0) is 19.6 Å². The van der Waals surface area contributed by atoms with Gasteiger partial charge in [-0.2, -0.15) is 4.31 Å². The van der Waals surface area contributed by atoms with E-state index in [1.54, 1.807) is 24.3 Å². The largest absolute Gasteiger partial charge is 0.482 e. The Morgan fingerprint density at radius 1 is 1.19 bits per heavy atom. The molecule has 0 bridgehead atoms. The summed E-state index contributed by atoms with van der Waals surface area (Å²) in [5.74, 6) is -0.0253. The Hall–Kier alpha value is -2.62. The molecular weight excluding hydrogens is 454 g/mol. The van der Waals surface area contributed by atoms with E-state index in [1.165, 1.54) is 27.4 Å². The molecule has 0 radical (unpaired) electrons. The minimum Gasteiger partial charge on any atom is -0.482 e. The number of nitrogens with one attached hydrogen (secondary N) is 1. The summed E-state index contributed by atoms with van der Waals surface area (Å²) in [4.78, 5) is 26.4. The summed E-state index contributed by atoms with van der Waals surface area (Å²) in [6, 6.07) is 11.1. The lowest BCUT2D eigenvalue weighted by molar-refractivity contribution is -0.123. The van der Waals surface area contributed by atoms with Crippen molar-refractivity contribution in [1.82, 2.24) is 4.31 Å². The number of halogens is 1. The molecule has 2 aromatic rings. The minimum absolute atomic E-state index is 0.0735. The zero-order valence-corrected chi connectivity index (χ0v) is 19.2. The Bertz CT molecular complexity index is 1150. The fourth-order valence-corrected chi connectivity index (χ4v) is 5.48. The monoisotopic (exact) mass is 477 g/mol. The Labute approximate surface area is 192 Å². The third-order valence-electron chi connectivity index (χ3n) is 5.66. The molecule has 0 spiro atoms. The zero-order valence-electron chi connectivity index (χ0n) is 17.6. The van der Waals surface area contributed by atoms with Crippen LogP contribution in [0.3, 0.4) is 0 Å². The third kappa shape index (κ3) is 4.74. The van der Waals surface area contributed by atoms with Crippen LogP contribution in [-0.4, -0.2) is 50.8 Å². The molecule has 0 atom stereocenters. The number of benzene rings is 2.